The minimum Gasteiger partial charge on any atom is -0.341 e. The van der Waals surface area contributed by atoms with E-state index in [1.807, 2.05) is 13.8 Å². The summed E-state index contributed by atoms with van der Waals surface area (Å²) >= 11 is 0. The molecule has 0 fully saturated rings. The molecule has 3 rings (SSSR count). The summed E-state index contributed by atoms with van der Waals surface area (Å²) in [6.07, 6.45) is 2.35. The fourth-order valence-electron chi connectivity index (χ4n) is 2.91. The maximum atomic E-state index is 13.7. The van der Waals surface area contributed by atoms with E-state index < -0.39 is 0 Å². The number of fused-ring (bicyclic) bond motifs is 1. The van der Waals surface area contributed by atoms with Crippen LogP contribution in [-0.4, -0.2) is 37.4 Å². The molecule has 6 nitrogen and oxygen atoms in total. The number of nitrogens with zero attached hydrogens (tertiary/aromatic N) is 5. The molecular weight excluding hydrogens is 321 g/mol. The van der Waals surface area contributed by atoms with Gasteiger partial charge in [0.2, 0.25) is 5.91 Å². The van der Waals surface area contributed by atoms with Gasteiger partial charge in [0.15, 0.2) is 0 Å². The van der Waals surface area contributed by atoms with E-state index in [9.17, 15) is 9.18 Å². The molecule has 0 saturated carbocycles. The molecule has 0 unspecified atom stereocenters. The molecule has 0 saturated heterocycles. The molecule has 0 bridgehead atoms. The molecule has 7 heteroatoms. The fraction of sp³-hybridized carbons (Fsp3) is 0.333. The predicted molar refractivity (Wildman–Crippen MR) is 91.5 cm³/mol. The van der Waals surface area contributed by atoms with Crippen LogP contribution >= 0.6 is 0 Å². The Morgan fingerprint density at radius 2 is 2.04 bits per heavy atom. The first-order valence-corrected chi connectivity index (χ1v) is 8.10. The number of halogens is 1. The van der Waals surface area contributed by atoms with E-state index >= 15 is 0 Å². The highest BCUT2D eigenvalue weighted by atomic mass is 19.1. The summed E-state index contributed by atoms with van der Waals surface area (Å²) in [6.45, 7) is 4.10. The molecule has 0 aliphatic rings. The molecule has 0 aliphatic heterocycles. The van der Waals surface area contributed by atoms with Crippen LogP contribution in [0.3, 0.4) is 0 Å². The van der Waals surface area contributed by atoms with Crippen LogP contribution in [0, 0.1) is 19.7 Å². The fourth-order valence-corrected chi connectivity index (χ4v) is 2.91. The van der Waals surface area contributed by atoms with Crippen molar-refractivity contribution >= 4 is 11.7 Å². The van der Waals surface area contributed by atoms with E-state index in [0.29, 0.717) is 24.2 Å². The van der Waals surface area contributed by atoms with Crippen LogP contribution in [0.1, 0.15) is 28.9 Å². The van der Waals surface area contributed by atoms with Crippen molar-refractivity contribution in [1.29, 1.82) is 0 Å². The number of amides is 1. The second-order valence-corrected chi connectivity index (χ2v) is 6.07. The highest BCUT2D eigenvalue weighted by Crippen LogP contribution is 2.16. The first-order valence-electron chi connectivity index (χ1n) is 8.10. The van der Waals surface area contributed by atoms with Gasteiger partial charge in [-0.1, -0.05) is 18.2 Å². The molecule has 130 valence electrons. The van der Waals surface area contributed by atoms with E-state index in [4.69, 9.17) is 0 Å². The smallest absolute Gasteiger partial charge is 0.252 e. The zero-order valence-electron chi connectivity index (χ0n) is 14.5. The van der Waals surface area contributed by atoms with Gasteiger partial charge in [-0.25, -0.2) is 13.9 Å². The summed E-state index contributed by atoms with van der Waals surface area (Å²) in [6, 6.07) is 6.50. The summed E-state index contributed by atoms with van der Waals surface area (Å²) in [5.41, 5.74) is 3.29. The number of benzene rings is 1. The molecule has 0 radical (unpaired) electrons. The highest BCUT2D eigenvalue weighted by molar-refractivity contribution is 5.76. The van der Waals surface area contributed by atoms with Gasteiger partial charge in [-0.05, 0) is 31.9 Å². The van der Waals surface area contributed by atoms with Gasteiger partial charge in [0, 0.05) is 37.0 Å². The first-order chi connectivity index (χ1) is 12.0. The Kier molecular flexibility index (Phi) is 4.74. The van der Waals surface area contributed by atoms with E-state index in [1.54, 1.807) is 34.7 Å². The topological polar surface area (TPSA) is 63.4 Å². The number of hydrogen-bond donors (Lipinski definition) is 0. The van der Waals surface area contributed by atoms with E-state index in [1.165, 1.54) is 12.4 Å². The van der Waals surface area contributed by atoms with Crippen molar-refractivity contribution < 1.29 is 9.18 Å². The van der Waals surface area contributed by atoms with Crippen LogP contribution in [-0.2, 0) is 17.8 Å². The van der Waals surface area contributed by atoms with E-state index in [2.05, 4.69) is 15.1 Å². The SMILES string of the molecule is Cc1nc2ncnn2c(C)c1CCC(=O)N(C)Cc1ccccc1F. The number of hydrogen-bond acceptors (Lipinski definition) is 4. The third-order valence-corrected chi connectivity index (χ3v) is 4.37. The number of carbonyl (C=O) groups excluding carboxylic acids is 1. The maximum Gasteiger partial charge on any atom is 0.252 e. The monoisotopic (exact) mass is 341 g/mol. The van der Waals surface area contributed by atoms with Crippen molar-refractivity contribution in [2.45, 2.75) is 33.2 Å². The van der Waals surface area contributed by atoms with Gasteiger partial charge < -0.3 is 4.90 Å². The summed E-state index contributed by atoms with van der Waals surface area (Å²) in [7, 11) is 1.69. The minimum absolute atomic E-state index is 0.0410. The lowest BCUT2D eigenvalue weighted by Crippen LogP contribution is -2.27. The summed E-state index contributed by atoms with van der Waals surface area (Å²) in [5.74, 6) is 0.220. The molecule has 3 aromatic rings. The molecule has 0 N–H and O–H groups in total. The molecule has 25 heavy (non-hydrogen) atoms. The van der Waals surface area contributed by atoms with Crippen molar-refractivity contribution in [3.05, 3.63) is 58.9 Å². The summed E-state index contributed by atoms with van der Waals surface area (Å²) in [5, 5.41) is 4.15. The van der Waals surface area contributed by atoms with Crippen LogP contribution in [0.5, 0.6) is 0 Å². The maximum absolute atomic E-state index is 13.7. The third kappa shape index (κ3) is 3.50. The van der Waals surface area contributed by atoms with Gasteiger partial charge in [0.05, 0.1) is 0 Å². The quantitative estimate of drug-likeness (QED) is 0.715. The summed E-state index contributed by atoms with van der Waals surface area (Å²) in [4.78, 5) is 22.5. The molecule has 0 aliphatic carbocycles. The second-order valence-electron chi connectivity index (χ2n) is 6.07. The van der Waals surface area contributed by atoms with Crippen molar-refractivity contribution in [3.8, 4) is 0 Å². The lowest BCUT2D eigenvalue weighted by Gasteiger charge is -2.18. The number of aryl methyl sites for hydroxylation is 2. The minimum atomic E-state index is -0.297. The standard InChI is InChI=1S/C18H20FN5O/c1-12-15(13(2)24-18(22-12)20-11-21-24)8-9-17(25)23(3)10-14-6-4-5-7-16(14)19/h4-7,11H,8-10H2,1-3H3. The van der Waals surface area contributed by atoms with Gasteiger partial charge in [0.25, 0.3) is 5.78 Å². The number of carbonyl (C=O) groups is 1. The van der Waals surface area contributed by atoms with Gasteiger partial charge in [0.1, 0.15) is 12.1 Å². The first kappa shape index (κ1) is 17.0. The Hall–Kier alpha value is -2.83. The van der Waals surface area contributed by atoms with Gasteiger partial charge in [-0.3, -0.25) is 4.79 Å². The van der Waals surface area contributed by atoms with Gasteiger partial charge in [-0.15, -0.1) is 0 Å². The van der Waals surface area contributed by atoms with Crippen LogP contribution in [0.4, 0.5) is 4.39 Å². The average molecular weight is 341 g/mol. The molecule has 2 heterocycles. The lowest BCUT2D eigenvalue weighted by molar-refractivity contribution is -0.130. The van der Waals surface area contributed by atoms with Crippen LogP contribution in [0.25, 0.3) is 5.78 Å². The Labute approximate surface area is 145 Å². The summed E-state index contributed by atoms with van der Waals surface area (Å²) < 4.78 is 15.4. The largest absolute Gasteiger partial charge is 0.341 e. The predicted octanol–water partition coefficient (Wildman–Crippen LogP) is 2.47. The molecule has 0 spiro atoms. The second kappa shape index (κ2) is 6.96. The average Bonchev–Trinajstić information content (AvgIpc) is 3.05. The highest BCUT2D eigenvalue weighted by Gasteiger charge is 2.15. The molecule has 0 atom stereocenters. The zero-order chi connectivity index (χ0) is 18.0. The Bertz CT molecular complexity index is 921. The Balaban J connectivity index is 1.69. The molecule has 2 aromatic heterocycles. The number of aromatic nitrogens is 4. The van der Waals surface area contributed by atoms with E-state index in [0.717, 1.165) is 17.0 Å². The van der Waals surface area contributed by atoms with Crippen molar-refractivity contribution in [1.82, 2.24) is 24.5 Å². The van der Waals surface area contributed by atoms with Crippen molar-refractivity contribution in [2.75, 3.05) is 7.05 Å². The normalized spacial score (nSPS) is 11.0. The van der Waals surface area contributed by atoms with Crippen molar-refractivity contribution in [2.24, 2.45) is 0 Å². The number of rotatable bonds is 5. The zero-order valence-corrected chi connectivity index (χ0v) is 14.5. The van der Waals surface area contributed by atoms with Crippen LogP contribution in [0.15, 0.2) is 30.6 Å². The van der Waals surface area contributed by atoms with Crippen molar-refractivity contribution in [3.63, 3.8) is 0 Å². The van der Waals surface area contributed by atoms with Gasteiger partial charge in [-0.2, -0.15) is 10.1 Å². The third-order valence-electron chi connectivity index (χ3n) is 4.37. The van der Waals surface area contributed by atoms with Gasteiger partial charge >= 0.3 is 0 Å². The molecular formula is C18H20FN5O. The lowest BCUT2D eigenvalue weighted by atomic mass is 10.1. The van der Waals surface area contributed by atoms with E-state index in [-0.39, 0.29) is 18.3 Å². The Morgan fingerprint density at radius 1 is 1.28 bits per heavy atom. The Morgan fingerprint density at radius 3 is 2.80 bits per heavy atom. The molecule has 1 amide bonds. The van der Waals surface area contributed by atoms with Crippen LogP contribution < -0.4 is 0 Å². The van der Waals surface area contributed by atoms with Crippen LogP contribution in [0.2, 0.25) is 0 Å². The molecule has 1 aromatic carbocycles.